The lowest BCUT2D eigenvalue weighted by atomic mass is 9.86. The summed E-state index contributed by atoms with van der Waals surface area (Å²) in [6.45, 7) is 10.3. The molecule has 0 spiro atoms. The van der Waals surface area contributed by atoms with Gasteiger partial charge in [-0.3, -0.25) is 4.57 Å². The maximum atomic E-state index is 12.8. The first-order chi connectivity index (χ1) is 20.2. The van der Waals surface area contributed by atoms with E-state index in [0.29, 0.717) is 18.5 Å². The zero-order valence-electron chi connectivity index (χ0n) is 25.2. The largest absolute Gasteiger partial charge is 0.493 e. The molecule has 222 valence electrons. The first-order valence-corrected chi connectivity index (χ1v) is 17.4. The van der Waals surface area contributed by atoms with E-state index in [0.717, 1.165) is 48.7 Å². The number of hydrogen-bond acceptors (Lipinski definition) is 4. The molecule has 0 heterocycles. The standard InChI is InChI=1S/C36H43ClNO3P/c1-27-16-18-32(24-28(27)2)35(31-11-8-12-33(37)25-31)15-9-21-40-36-19-17-30(23-29(36)3)26-38-20-10-22-42(4,39)41-34-13-6-5-7-14-34/h5-8,11-14,16-19,23-25,35,38H,9-10,15,20-22,26H2,1-4H3. The van der Waals surface area contributed by atoms with Crippen molar-refractivity contribution in [3.63, 3.8) is 0 Å². The van der Waals surface area contributed by atoms with E-state index in [2.05, 4.69) is 74.6 Å². The van der Waals surface area contributed by atoms with Crippen molar-refractivity contribution in [1.82, 2.24) is 5.32 Å². The number of para-hydroxylation sites is 1. The number of benzene rings is 4. The van der Waals surface area contributed by atoms with Crippen LogP contribution >= 0.6 is 19.0 Å². The van der Waals surface area contributed by atoms with Crippen molar-refractivity contribution in [2.24, 2.45) is 0 Å². The second-order valence-electron chi connectivity index (χ2n) is 11.2. The van der Waals surface area contributed by atoms with Crippen LogP contribution in [0.4, 0.5) is 0 Å². The molecule has 0 amide bonds. The molecular formula is C36H43ClNO3P. The Bertz CT molecular complexity index is 1490. The summed E-state index contributed by atoms with van der Waals surface area (Å²) in [5.41, 5.74) is 7.51. The smallest absolute Gasteiger partial charge is 0.245 e. The van der Waals surface area contributed by atoms with E-state index in [4.69, 9.17) is 20.9 Å². The molecule has 0 aliphatic rings. The molecule has 4 nitrogen and oxygen atoms in total. The van der Waals surface area contributed by atoms with Gasteiger partial charge in [0.25, 0.3) is 0 Å². The minimum absolute atomic E-state index is 0.271. The quantitative estimate of drug-likeness (QED) is 0.108. The predicted molar refractivity (Wildman–Crippen MR) is 177 cm³/mol. The molecule has 42 heavy (non-hydrogen) atoms. The van der Waals surface area contributed by atoms with Gasteiger partial charge in [-0.05, 0) is 110 Å². The summed E-state index contributed by atoms with van der Waals surface area (Å²) in [6, 6.07) is 30.7. The van der Waals surface area contributed by atoms with Gasteiger partial charge in [-0.15, -0.1) is 0 Å². The molecule has 2 unspecified atom stereocenters. The zero-order chi connectivity index (χ0) is 30.0. The molecule has 6 heteroatoms. The van der Waals surface area contributed by atoms with Gasteiger partial charge in [-0.25, -0.2) is 0 Å². The highest BCUT2D eigenvalue weighted by molar-refractivity contribution is 7.58. The fourth-order valence-electron chi connectivity index (χ4n) is 5.16. The van der Waals surface area contributed by atoms with Gasteiger partial charge in [0.2, 0.25) is 7.37 Å². The van der Waals surface area contributed by atoms with Gasteiger partial charge < -0.3 is 14.6 Å². The van der Waals surface area contributed by atoms with Crippen LogP contribution in [-0.4, -0.2) is 26.0 Å². The molecule has 4 rings (SSSR count). The van der Waals surface area contributed by atoms with Gasteiger partial charge in [0, 0.05) is 30.3 Å². The zero-order valence-corrected chi connectivity index (χ0v) is 26.9. The lowest BCUT2D eigenvalue weighted by molar-refractivity contribution is 0.302. The summed E-state index contributed by atoms with van der Waals surface area (Å²) in [7, 11) is -2.67. The van der Waals surface area contributed by atoms with E-state index in [9.17, 15) is 4.57 Å². The SMILES string of the molecule is Cc1ccc(C(CCCOc2ccc(CNCCCP(C)(=O)Oc3ccccc3)cc2C)c2cccc(Cl)c2)cc1C. The van der Waals surface area contributed by atoms with Crippen molar-refractivity contribution < 1.29 is 13.8 Å². The van der Waals surface area contributed by atoms with Gasteiger partial charge >= 0.3 is 0 Å². The monoisotopic (exact) mass is 603 g/mol. The first kappa shape index (κ1) is 31.9. The molecule has 0 aromatic heterocycles. The van der Waals surface area contributed by atoms with E-state index in [1.807, 2.05) is 42.5 Å². The Labute approximate surface area is 256 Å². The van der Waals surface area contributed by atoms with Crippen molar-refractivity contribution in [3.8, 4) is 11.5 Å². The molecule has 0 saturated heterocycles. The topological polar surface area (TPSA) is 47.6 Å². The van der Waals surface area contributed by atoms with E-state index in [1.165, 1.54) is 27.8 Å². The average Bonchev–Trinajstić information content (AvgIpc) is 2.95. The Morgan fingerprint density at radius 3 is 2.33 bits per heavy atom. The third-order valence-electron chi connectivity index (χ3n) is 7.61. The summed E-state index contributed by atoms with van der Waals surface area (Å²) in [4.78, 5) is 0. The second kappa shape index (κ2) is 15.4. The third-order valence-corrected chi connectivity index (χ3v) is 9.57. The Morgan fingerprint density at radius 1 is 0.810 bits per heavy atom. The predicted octanol–water partition coefficient (Wildman–Crippen LogP) is 9.72. The van der Waals surface area contributed by atoms with Gasteiger partial charge in [0.05, 0.1) is 6.61 Å². The Balaban J connectivity index is 1.23. The minimum Gasteiger partial charge on any atom is -0.493 e. The molecule has 0 bridgehead atoms. The minimum atomic E-state index is -2.67. The summed E-state index contributed by atoms with van der Waals surface area (Å²) in [5, 5.41) is 4.23. The first-order valence-electron chi connectivity index (χ1n) is 14.8. The van der Waals surface area contributed by atoms with E-state index in [1.54, 1.807) is 6.66 Å². The van der Waals surface area contributed by atoms with Gasteiger partial charge in [-0.1, -0.05) is 72.3 Å². The molecule has 0 aliphatic carbocycles. The second-order valence-corrected chi connectivity index (χ2v) is 14.3. The van der Waals surface area contributed by atoms with E-state index >= 15 is 0 Å². The average molecular weight is 604 g/mol. The number of halogens is 1. The molecule has 0 radical (unpaired) electrons. The van der Waals surface area contributed by atoms with Gasteiger partial charge in [0.1, 0.15) is 11.5 Å². The van der Waals surface area contributed by atoms with Crippen molar-refractivity contribution in [2.75, 3.05) is 26.0 Å². The molecule has 0 fully saturated rings. The van der Waals surface area contributed by atoms with Crippen molar-refractivity contribution in [1.29, 1.82) is 0 Å². The number of nitrogens with one attached hydrogen (secondary N) is 1. The van der Waals surface area contributed by atoms with Gasteiger partial charge in [-0.2, -0.15) is 0 Å². The Kier molecular flexibility index (Phi) is 11.7. The number of ether oxygens (including phenoxy) is 1. The van der Waals surface area contributed by atoms with Crippen LogP contribution in [0.1, 0.15) is 58.6 Å². The lowest BCUT2D eigenvalue weighted by Crippen LogP contribution is -2.16. The highest BCUT2D eigenvalue weighted by Gasteiger charge is 2.17. The number of aryl methyl sites for hydroxylation is 3. The summed E-state index contributed by atoms with van der Waals surface area (Å²) in [5.74, 6) is 1.86. The molecule has 0 saturated carbocycles. The summed E-state index contributed by atoms with van der Waals surface area (Å²) >= 11 is 6.35. The molecule has 4 aromatic rings. The maximum absolute atomic E-state index is 12.8. The fraction of sp³-hybridized carbons (Fsp3) is 0.333. The lowest BCUT2D eigenvalue weighted by Gasteiger charge is -2.20. The highest BCUT2D eigenvalue weighted by Crippen LogP contribution is 2.43. The van der Waals surface area contributed by atoms with E-state index < -0.39 is 7.37 Å². The van der Waals surface area contributed by atoms with Crippen LogP contribution in [0.15, 0.2) is 91.0 Å². The van der Waals surface area contributed by atoms with Crippen LogP contribution in [0.3, 0.4) is 0 Å². The highest BCUT2D eigenvalue weighted by atomic mass is 35.5. The van der Waals surface area contributed by atoms with Crippen LogP contribution in [0.5, 0.6) is 11.5 Å². The Morgan fingerprint density at radius 2 is 1.60 bits per heavy atom. The number of hydrogen-bond donors (Lipinski definition) is 1. The molecule has 2 atom stereocenters. The maximum Gasteiger partial charge on any atom is 0.245 e. The summed E-state index contributed by atoms with van der Waals surface area (Å²) < 4.78 is 24.7. The fourth-order valence-corrected chi connectivity index (χ4v) is 6.75. The Hall–Kier alpha value is -3.04. The number of rotatable bonds is 15. The van der Waals surface area contributed by atoms with Gasteiger partial charge in [0.15, 0.2) is 0 Å². The van der Waals surface area contributed by atoms with Crippen LogP contribution in [-0.2, 0) is 11.1 Å². The molecule has 4 aromatic carbocycles. The molecule has 1 N–H and O–H groups in total. The normalized spacial score (nSPS) is 13.4. The van der Waals surface area contributed by atoms with Crippen molar-refractivity contribution >= 4 is 19.0 Å². The van der Waals surface area contributed by atoms with Crippen LogP contribution in [0, 0.1) is 20.8 Å². The summed E-state index contributed by atoms with van der Waals surface area (Å²) in [6.07, 6.45) is 3.24. The molecular weight excluding hydrogens is 561 g/mol. The van der Waals surface area contributed by atoms with Crippen LogP contribution < -0.4 is 14.6 Å². The molecule has 0 aliphatic heterocycles. The van der Waals surface area contributed by atoms with Crippen molar-refractivity contribution in [3.05, 3.63) is 129 Å². The third kappa shape index (κ3) is 9.76. The van der Waals surface area contributed by atoms with Crippen molar-refractivity contribution in [2.45, 2.75) is 52.5 Å². The van der Waals surface area contributed by atoms with Crippen LogP contribution in [0.2, 0.25) is 5.02 Å². The van der Waals surface area contributed by atoms with E-state index in [-0.39, 0.29) is 5.92 Å². The van der Waals surface area contributed by atoms with Crippen LogP contribution in [0.25, 0.3) is 0 Å².